The molecule has 4 rings (SSSR count). The average Bonchev–Trinajstić information content (AvgIpc) is 3.06. The van der Waals surface area contributed by atoms with Crippen molar-refractivity contribution in [1.82, 2.24) is 25.2 Å². The number of aryl methyl sites for hydroxylation is 2. The van der Waals surface area contributed by atoms with E-state index in [9.17, 15) is 9.59 Å². The van der Waals surface area contributed by atoms with E-state index < -0.39 is 11.5 Å². The number of aromatic carboxylic acids is 1. The van der Waals surface area contributed by atoms with Gasteiger partial charge in [0.05, 0.1) is 5.69 Å². The van der Waals surface area contributed by atoms with Crippen LogP contribution in [0.3, 0.4) is 0 Å². The molecule has 2 aromatic heterocycles. The summed E-state index contributed by atoms with van der Waals surface area (Å²) in [7, 11) is 0. The summed E-state index contributed by atoms with van der Waals surface area (Å²) in [5.74, 6) is -0.556. The van der Waals surface area contributed by atoms with Gasteiger partial charge in [0, 0.05) is 18.8 Å². The summed E-state index contributed by atoms with van der Waals surface area (Å²) in [4.78, 5) is 29.8. The number of hydrogen-bond acceptors (Lipinski definition) is 6. The topological polar surface area (TPSA) is 117 Å². The van der Waals surface area contributed by atoms with Crippen molar-refractivity contribution in [3.8, 4) is 11.3 Å². The molecular weight excluding hydrogens is 360 g/mol. The van der Waals surface area contributed by atoms with Crippen LogP contribution in [0.1, 0.15) is 34.7 Å². The van der Waals surface area contributed by atoms with Crippen molar-refractivity contribution in [2.45, 2.75) is 26.3 Å². The van der Waals surface area contributed by atoms with Gasteiger partial charge in [0.1, 0.15) is 11.6 Å². The van der Waals surface area contributed by atoms with Crippen molar-refractivity contribution in [3.63, 3.8) is 0 Å². The number of hydrogen-bond donors (Lipinski definition) is 2. The third-order valence-electron chi connectivity index (χ3n) is 4.97. The average molecular weight is 380 g/mol. The highest BCUT2D eigenvalue weighted by atomic mass is 16.4. The number of H-pyrrole nitrogens is 1. The molecular formula is C19H20N6O3. The molecule has 0 amide bonds. The van der Waals surface area contributed by atoms with E-state index in [4.69, 9.17) is 5.11 Å². The van der Waals surface area contributed by atoms with Crippen molar-refractivity contribution < 1.29 is 9.90 Å². The number of aromatic nitrogens is 5. The molecule has 0 radical (unpaired) electrons. The number of aromatic amines is 1. The first-order valence-corrected chi connectivity index (χ1v) is 9.07. The normalized spacial score (nSPS) is 14.1. The molecule has 1 aromatic carbocycles. The molecule has 1 fully saturated rings. The first-order chi connectivity index (χ1) is 13.5. The number of carbonyl (C=O) groups is 1. The van der Waals surface area contributed by atoms with E-state index in [1.54, 1.807) is 4.80 Å². The van der Waals surface area contributed by atoms with Crippen LogP contribution in [0.25, 0.3) is 11.3 Å². The van der Waals surface area contributed by atoms with Crippen LogP contribution in [0.5, 0.6) is 0 Å². The highest BCUT2D eigenvalue weighted by molar-refractivity contribution is 5.88. The molecule has 0 aliphatic carbocycles. The van der Waals surface area contributed by atoms with Crippen molar-refractivity contribution in [1.29, 1.82) is 0 Å². The number of benzene rings is 1. The van der Waals surface area contributed by atoms with Crippen LogP contribution in [-0.4, -0.2) is 49.4 Å². The van der Waals surface area contributed by atoms with E-state index in [2.05, 4.69) is 25.3 Å². The van der Waals surface area contributed by atoms with Gasteiger partial charge in [-0.2, -0.15) is 4.80 Å². The summed E-state index contributed by atoms with van der Waals surface area (Å²) >= 11 is 0. The third-order valence-corrected chi connectivity index (χ3v) is 4.97. The standard InChI is InChI=1S/C19H20N6O3/c1-3-12-8-16(19(27)28)18(26)20-17(12)13-4-6-14(7-5-13)24-9-15(10-24)25-22-11(2)21-23-25/h4-8,15H,3,9-10H2,1-2H3,(H,20,26)(H,27,28). The van der Waals surface area contributed by atoms with Crippen LogP contribution in [0.15, 0.2) is 35.1 Å². The molecule has 2 N–H and O–H groups in total. The van der Waals surface area contributed by atoms with Crippen LogP contribution in [0.2, 0.25) is 0 Å². The number of rotatable bonds is 5. The monoisotopic (exact) mass is 380 g/mol. The molecule has 1 aliphatic rings. The van der Waals surface area contributed by atoms with Crippen molar-refractivity contribution in [3.05, 3.63) is 57.6 Å². The Bertz CT molecular complexity index is 1080. The predicted molar refractivity (Wildman–Crippen MR) is 103 cm³/mol. The molecule has 3 aromatic rings. The largest absolute Gasteiger partial charge is 0.477 e. The minimum atomic E-state index is -1.22. The number of nitrogens with zero attached hydrogens (tertiary/aromatic N) is 5. The molecule has 3 heterocycles. The zero-order valence-corrected chi connectivity index (χ0v) is 15.6. The lowest BCUT2D eigenvalue weighted by molar-refractivity contribution is 0.0695. The minimum absolute atomic E-state index is 0.215. The first-order valence-electron chi connectivity index (χ1n) is 9.07. The summed E-state index contributed by atoms with van der Waals surface area (Å²) in [6, 6.07) is 9.53. The molecule has 9 heteroatoms. The van der Waals surface area contributed by atoms with Gasteiger partial charge in [-0.3, -0.25) is 4.79 Å². The second kappa shape index (κ2) is 6.91. The van der Waals surface area contributed by atoms with Gasteiger partial charge in [-0.1, -0.05) is 19.1 Å². The molecule has 0 bridgehead atoms. The van der Waals surface area contributed by atoms with Crippen molar-refractivity contribution in [2.75, 3.05) is 18.0 Å². The fourth-order valence-corrected chi connectivity index (χ4v) is 3.37. The number of carboxylic acids is 1. The zero-order valence-electron chi connectivity index (χ0n) is 15.6. The van der Waals surface area contributed by atoms with Crippen LogP contribution >= 0.6 is 0 Å². The number of carboxylic acid groups (broad SMARTS) is 1. The smallest absolute Gasteiger partial charge is 0.341 e. The third kappa shape index (κ3) is 3.15. The van der Waals surface area contributed by atoms with Crippen LogP contribution in [0, 0.1) is 6.92 Å². The molecule has 0 saturated carbocycles. The van der Waals surface area contributed by atoms with Crippen molar-refractivity contribution >= 4 is 11.7 Å². The maximum atomic E-state index is 12.1. The van der Waals surface area contributed by atoms with E-state index >= 15 is 0 Å². The molecule has 1 aliphatic heterocycles. The Morgan fingerprint density at radius 2 is 2.00 bits per heavy atom. The summed E-state index contributed by atoms with van der Waals surface area (Å²) < 4.78 is 0. The fourth-order valence-electron chi connectivity index (χ4n) is 3.37. The highest BCUT2D eigenvalue weighted by Crippen LogP contribution is 2.29. The quantitative estimate of drug-likeness (QED) is 0.691. The van der Waals surface area contributed by atoms with E-state index in [-0.39, 0.29) is 11.6 Å². The Morgan fingerprint density at radius 1 is 1.29 bits per heavy atom. The Kier molecular flexibility index (Phi) is 4.42. The molecule has 9 nitrogen and oxygen atoms in total. The predicted octanol–water partition coefficient (Wildman–Crippen LogP) is 1.66. The summed E-state index contributed by atoms with van der Waals surface area (Å²) in [5.41, 5.74) is 2.54. The van der Waals surface area contributed by atoms with Gasteiger partial charge < -0.3 is 15.0 Å². The lowest BCUT2D eigenvalue weighted by Gasteiger charge is -2.39. The number of nitrogens with one attached hydrogen (secondary N) is 1. The van der Waals surface area contributed by atoms with Crippen LogP contribution < -0.4 is 10.5 Å². The Hall–Kier alpha value is -3.49. The van der Waals surface area contributed by atoms with Gasteiger partial charge in [0.15, 0.2) is 5.82 Å². The number of tetrazole rings is 1. The van der Waals surface area contributed by atoms with E-state index in [1.807, 2.05) is 38.1 Å². The van der Waals surface area contributed by atoms with E-state index in [0.29, 0.717) is 17.9 Å². The van der Waals surface area contributed by atoms with Gasteiger partial charge in [-0.25, -0.2) is 4.79 Å². The second-order valence-electron chi connectivity index (χ2n) is 6.83. The van der Waals surface area contributed by atoms with E-state index in [1.165, 1.54) is 6.07 Å². The maximum absolute atomic E-state index is 12.1. The molecule has 28 heavy (non-hydrogen) atoms. The zero-order chi connectivity index (χ0) is 19.8. The molecule has 0 atom stereocenters. The summed E-state index contributed by atoms with van der Waals surface area (Å²) in [6.07, 6.45) is 0.617. The summed E-state index contributed by atoms with van der Waals surface area (Å²) in [6.45, 7) is 5.35. The second-order valence-corrected chi connectivity index (χ2v) is 6.83. The van der Waals surface area contributed by atoms with Gasteiger partial charge in [-0.15, -0.1) is 10.2 Å². The van der Waals surface area contributed by atoms with Gasteiger partial charge in [0.25, 0.3) is 5.56 Å². The van der Waals surface area contributed by atoms with Crippen molar-refractivity contribution in [2.24, 2.45) is 0 Å². The summed E-state index contributed by atoms with van der Waals surface area (Å²) in [5, 5.41) is 21.3. The highest BCUT2D eigenvalue weighted by Gasteiger charge is 2.30. The fraction of sp³-hybridized carbons (Fsp3) is 0.316. The lowest BCUT2D eigenvalue weighted by atomic mass is 10.0. The first kappa shape index (κ1) is 17.9. The molecule has 0 spiro atoms. The Morgan fingerprint density at radius 3 is 2.57 bits per heavy atom. The van der Waals surface area contributed by atoms with Crippen LogP contribution in [0.4, 0.5) is 5.69 Å². The Labute approximate surface area is 160 Å². The maximum Gasteiger partial charge on any atom is 0.341 e. The van der Waals surface area contributed by atoms with Crippen LogP contribution in [-0.2, 0) is 6.42 Å². The number of anilines is 1. The Balaban J connectivity index is 1.53. The van der Waals surface area contributed by atoms with E-state index in [0.717, 1.165) is 29.9 Å². The molecule has 1 saturated heterocycles. The van der Waals surface area contributed by atoms with Gasteiger partial charge in [0.2, 0.25) is 0 Å². The number of pyridine rings is 1. The molecule has 0 unspecified atom stereocenters. The minimum Gasteiger partial charge on any atom is -0.477 e. The lowest BCUT2D eigenvalue weighted by Crippen LogP contribution is -2.48. The van der Waals surface area contributed by atoms with Gasteiger partial charge >= 0.3 is 5.97 Å². The van der Waals surface area contributed by atoms with Gasteiger partial charge in [-0.05, 0) is 47.9 Å². The SMILES string of the molecule is CCc1cc(C(=O)O)c(=O)[nH]c1-c1ccc(N2CC(n3nnc(C)n3)C2)cc1. The molecule has 144 valence electrons.